The van der Waals surface area contributed by atoms with Gasteiger partial charge in [0.2, 0.25) is 11.8 Å². The Morgan fingerprint density at radius 1 is 0.741 bits per heavy atom. The largest absolute Gasteiger partial charge is 0.445 e. The molecule has 0 spiro atoms. The molecule has 3 aromatic carbocycles. The second-order valence-corrected chi connectivity index (χ2v) is 14.0. The summed E-state index contributed by atoms with van der Waals surface area (Å²) in [5.74, 6) is -1.96. The Bertz CT molecular complexity index is 1760. The molecule has 0 saturated carbocycles. The summed E-state index contributed by atoms with van der Waals surface area (Å²) in [6, 6.07) is 26.0. The van der Waals surface area contributed by atoms with E-state index in [4.69, 9.17) is 10.5 Å². The first-order chi connectivity index (χ1) is 25.9. The normalized spacial score (nSPS) is 13.9. The van der Waals surface area contributed by atoms with Crippen molar-refractivity contribution in [2.24, 2.45) is 17.6 Å². The third kappa shape index (κ3) is 12.2. The molecule has 0 bridgehead atoms. The molecule has 12 nitrogen and oxygen atoms in total. The predicted octanol–water partition coefficient (Wildman–Crippen LogP) is 4.75. The molecule has 5 amide bonds. The van der Waals surface area contributed by atoms with Gasteiger partial charge in [-0.05, 0) is 53.0 Å². The lowest BCUT2D eigenvalue weighted by atomic mass is 9.90. The summed E-state index contributed by atoms with van der Waals surface area (Å²) in [5, 5.41) is 20.9. The van der Waals surface area contributed by atoms with Gasteiger partial charge < -0.3 is 31.5 Å². The monoisotopic (exact) mass is 736 g/mol. The lowest BCUT2D eigenvalue weighted by molar-refractivity contribution is -0.135. The van der Waals surface area contributed by atoms with E-state index in [-0.39, 0.29) is 37.8 Å². The number of aliphatic hydroxyl groups excluding tert-OH is 1. The zero-order valence-electron chi connectivity index (χ0n) is 31.3. The van der Waals surface area contributed by atoms with Crippen molar-refractivity contribution in [2.45, 2.75) is 84.0 Å². The molecule has 12 heteroatoms. The summed E-state index contributed by atoms with van der Waals surface area (Å²) in [5.41, 5.74) is 9.43. The van der Waals surface area contributed by atoms with Gasteiger partial charge in [0.05, 0.1) is 24.2 Å². The summed E-state index contributed by atoms with van der Waals surface area (Å²) in [4.78, 5) is 60.5. The van der Waals surface area contributed by atoms with Crippen LogP contribution in [0.2, 0.25) is 0 Å². The van der Waals surface area contributed by atoms with E-state index in [1.165, 1.54) is 0 Å². The van der Waals surface area contributed by atoms with Crippen molar-refractivity contribution in [2.75, 3.05) is 0 Å². The molecule has 1 heterocycles. The van der Waals surface area contributed by atoms with Crippen LogP contribution in [0.15, 0.2) is 116 Å². The quantitative estimate of drug-likeness (QED) is 0.103. The molecule has 0 saturated heterocycles. The number of aliphatic hydroxyl groups is 1. The number of amides is 5. The SMILES string of the molecule is CC(C)[C@H](N)C(=O)N(C(=O)NCc1cccnc1)C(Cc1ccccc1)C(O)C(Cc1ccccc1)NC(=O)[C@@H](NC(=O)OCc1ccccc1)C(C)C. The van der Waals surface area contributed by atoms with Gasteiger partial charge in [0, 0.05) is 18.9 Å². The molecule has 54 heavy (non-hydrogen) atoms. The lowest BCUT2D eigenvalue weighted by Gasteiger charge is -2.39. The van der Waals surface area contributed by atoms with E-state index in [2.05, 4.69) is 20.9 Å². The molecule has 1 aromatic heterocycles. The van der Waals surface area contributed by atoms with Gasteiger partial charge in [-0.15, -0.1) is 0 Å². The molecule has 0 aliphatic rings. The minimum absolute atomic E-state index is 0.0147. The number of rotatable bonds is 17. The molecule has 0 fully saturated rings. The first-order valence-electron chi connectivity index (χ1n) is 18.2. The zero-order chi connectivity index (χ0) is 39.0. The molecule has 5 atom stereocenters. The number of hydrogen-bond donors (Lipinski definition) is 5. The Labute approximate surface area is 317 Å². The van der Waals surface area contributed by atoms with Crippen LogP contribution in [0.4, 0.5) is 9.59 Å². The van der Waals surface area contributed by atoms with Crippen LogP contribution in [0.3, 0.4) is 0 Å². The van der Waals surface area contributed by atoms with Crippen molar-refractivity contribution in [1.29, 1.82) is 0 Å². The van der Waals surface area contributed by atoms with E-state index in [0.29, 0.717) is 5.56 Å². The third-order valence-electron chi connectivity index (χ3n) is 9.11. The third-order valence-corrected chi connectivity index (χ3v) is 9.11. The number of benzene rings is 3. The van der Waals surface area contributed by atoms with Gasteiger partial charge in [-0.1, -0.05) is 125 Å². The second kappa shape index (κ2) is 20.6. The van der Waals surface area contributed by atoms with Crippen molar-refractivity contribution in [3.63, 3.8) is 0 Å². The Hall–Kier alpha value is -5.59. The highest BCUT2D eigenvalue weighted by molar-refractivity contribution is 5.97. The molecule has 0 aliphatic heterocycles. The van der Waals surface area contributed by atoms with Crippen LogP contribution in [0, 0.1) is 11.8 Å². The number of aromatic nitrogens is 1. The first-order valence-corrected chi connectivity index (χ1v) is 18.2. The fourth-order valence-electron chi connectivity index (χ4n) is 5.94. The number of nitrogens with zero attached hydrogens (tertiary/aromatic N) is 2. The minimum atomic E-state index is -1.50. The zero-order valence-corrected chi connectivity index (χ0v) is 31.3. The second-order valence-electron chi connectivity index (χ2n) is 14.0. The number of urea groups is 1. The van der Waals surface area contributed by atoms with Crippen LogP contribution in [0.1, 0.15) is 49.9 Å². The average molecular weight is 737 g/mol. The average Bonchev–Trinajstić information content (AvgIpc) is 3.18. The number of pyridine rings is 1. The number of imide groups is 1. The van der Waals surface area contributed by atoms with Crippen molar-refractivity contribution in [3.8, 4) is 0 Å². The van der Waals surface area contributed by atoms with E-state index in [1.54, 1.807) is 52.2 Å². The van der Waals surface area contributed by atoms with Gasteiger partial charge in [0.25, 0.3) is 0 Å². The standard InChI is InChI=1S/C42H52N6O6/c1-28(2)36(43)40(51)48(41(52)45-26-33-21-14-22-44-25-33)35(24-31-17-10-6-11-18-31)38(49)34(23-30-15-8-5-9-16-30)46-39(50)37(29(3)4)47-42(53)54-27-32-19-12-7-13-20-32/h5-22,25,28-29,34-38,49H,23-24,26-27,43H2,1-4H3,(H,45,52)(H,46,50)(H,47,53)/t34?,35?,36-,37-,38?/m0/s1. The van der Waals surface area contributed by atoms with Crippen molar-refractivity contribution >= 4 is 23.9 Å². The molecular weight excluding hydrogens is 684 g/mol. The van der Waals surface area contributed by atoms with Crippen LogP contribution < -0.4 is 21.7 Å². The summed E-state index contributed by atoms with van der Waals surface area (Å²) < 4.78 is 5.41. The Morgan fingerprint density at radius 3 is 1.83 bits per heavy atom. The topological polar surface area (TPSA) is 176 Å². The van der Waals surface area contributed by atoms with E-state index >= 15 is 0 Å². The van der Waals surface area contributed by atoms with Gasteiger partial charge >= 0.3 is 12.1 Å². The maximum atomic E-state index is 14.2. The van der Waals surface area contributed by atoms with Gasteiger partial charge in [-0.2, -0.15) is 0 Å². The Balaban J connectivity index is 1.69. The Morgan fingerprint density at radius 2 is 1.30 bits per heavy atom. The minimum Gasteiger partial charge on any atom is -0.445 e. The molecular formula is C42H52N6O6. The molecule has 4 aromatic rings. The highest BCUT2D eigenvalue weighted by atomic mass is 16.5. The molecule has 286 valence electrons. The number of alkyl carbamates (subject to hydrolysis) is 1. The maximum Gasteiger partial charge on any atom is 0.408 e. The van der Waals surface area contributed by atoms with E-state index in [1.807, 2.05) is 91.0 Å². The van der Waals surface area contributed by atoms with Crippen LogP contribution in [0.5, 0.6) is 0 Å². The van der Waals surface area contributed by atoms with Gasteiger partial charge in [0.15, 0.2) is 0 Å². The van der Waals surface area contributed by atoms with Crippen LogP contribution in [-0.4, -0.2) is 69.2 Å². The maximum absolute atomic E-state index is 14.2. The fraction of sp³-hybridized carbons (Fsp3) is 0.357. The highest BCUT2D eigenvalue weighted by Gasteiger charge is 2.42. The fourth-order valence-corrected chi connectivity index (χ4v) is 5.94. The van der Waals surface area contributed by atoms with E-state index < -0.39 is 54.2 Å². The molecule has 4 rings (SSSR count). The number of hydrogen-bond acceptors (Lipinski definition) is 8. The number of nitrogens with two attached hydrogens (primary N) is 1. The molecule has 0 aliphatic carbocycles. The van der Waals surface area contributed by atoms with Crippen molar-refractivity contribution < 1.29 is 29.0 Å². The number of nitrogens with one attached hydrogen (secondary N) is 3. The van der Waals surface area contributed by atoms with Crippen molar-refractivity contribution in [3.05, 3.63) is 138 Å². The summed E-state index contributed by atoms with van der Waals surface area (Å²) in [6.45, 7) is 7.19. The van der Waals surface area contributed by atoms with Crippen LogP contribution >= 0.6 is 0 Å². The lowest BCUT2D eigenvalue weighted by Crippen LogP contribution is -2.64. The first kappa shape index (κ1) is 41.2. The van der Waals surface area contributed by atoms with Crippen LogP contribution in [-0.2, 0) is 40.3 Å². The van der Waals surface area contributed by atoms with Gasteiger partial charge in [-0.25, -0.2) is 9.59 Å². The summed E-state index contributed by atoms with van der Waals surface area (Å²) in [6.07, 6.45) is 1.13. The number of carbonyl (C=O) groups excluding carboxylic acids is 4. The van der Waals surface area contributed by atoms with Gasteiger partial charge in [0.1, 0.15) is 12.6 Å². The van der Waals surface area contributed by atoms with E-state index in [0.717, 1.165) is 21.6 Å². The molecule has 0 radical (unpaired) electrons. The summed E-state index contributed by atoms with van der Waals surface area (Å²) >= 11 is 0. The molecule has 3 unspecified atom stereocenters. The van der Waals surface area contributed by atoms with E-state index in [9.17, 15) is 24.3 Å². The molecule has 6 N–H and O–H groups in total. The number of ether oxygens (including phenoxy) is 1. The smallest absolute Gasteiger partial charge is 0.408 e. The van der Waals surface area contributed by atoms with Crippen LogP contribution in [0.25, 0.3) is 0 Å². The highest BCUT2D eigenvalue weighted by Crippen LogP contribution is 2.21. The summed E-state index contributed by atoms with van der Waals surface area (Å²) in [7, 11) is 0. The Kier molecular flexibility index (Phi) is 15.7. The number of carbonyl (C=O) groups is 4. The van der Waals surface area contributed by atoms with Gasteiger partial charge in [-0.3, -0.25) is 19.5 Å². The van der Waals surface area contributed by atoms with Crippen molar-refractivity contribution in [1.82, 2.24) is 25.8 Å². The predicted molar refractivity (Wildman–Crippen MR) is 207 cm³/mol.